The molecule has 138 valence electrons. The van der Waals surface area contributed by atoms with Crippen molar-refractivity contribution in [2.75, 3.05) is 30.3 Å². The molecule has 0 radical (unpaired) electrons. The molecule has 0 spiro atoms. The summed E-state index contributed by atoms with van der Waals surface area (Å²) >= 11 is 0. The summed E-state index contributed by atoms with van der Waals surface area (Å²) in [5.74, 6) is 1.44. The van der Waals surface area contributed by atoms with Crippen LogP contribution in [0.25, 0.3) is 5.65 Å². The molecule has 2 aliphatic rings. The normalized spacial score (nSPS) is 19.5. The molecule has 1 saturated heterocycles. The minimum absolute atomic E-state index is 0.122. The Morgan fingerprint density at radius 3 is 3.19 bits per heavy atom. The molecule has 9 nitrogen and oxygen atoms in total. The second-order valence-corrected chi connectivity index (χ2v) is 6.68. The average molecular weight is 365 g/mol. The van der Waals surface area contributed by atoms with Crippen LogP contribution in [0.5, 0.6) is 5.75 Å². The lowest BCUT2D eigenvalue weighted by atomic mass is 10.1. The highest BCUT2D eigenvalue weighted by molar-refractivity contribution is 6.04. The van der Waals surface area contributed by atoms with Crippen molar-refractivity contribution in [1.29, 1.82) is 0 Å². The Bertz CT molecular complexity index is 1030. The van der Waals surface area contributed by atoms with Crippen LogP contribution in [-0.2, 0) is 0 Å². The Morgan fingerprint density at radius 1 is 1.33 bits per heavy atom. The summed E-state index contributed by atoms with van der Waals surface area (Å²) in [6.45, 7) is 1.57. The molecule has 0 unspecified atom stereocenters. The molecule has 0 aliphatic carbocycles. The van der Waals surface area contributed by atoms with Gasteiger partial charge in [-0.25, -0.2) is 9.50 Å². The second kappa shape index (κ2) is 6.11. The van der Waals surface area contributed by atoms with Gasteiger partial charge in [0.15, 0.2) is 11.5 Å². The van der Waals surface area contributed by atoms with Crippen LogP contribution in [0.15, 0.2) is 30.7 Å². The van der Waals surface area contributed by atoms with Crippen molar-refractivity contribution in [2.24, 2.45) is 0 Å². The molecular formula is C18H19N7O2. The van der Waals surface area contributed by atoms with Crippen LogP contribution >= 0.6 is 0 Å². The number of ether oxygens (including phenoxy) is 1. The Morgan fingerprint density at radius 2 is 2.26 bits per heavy atom. The van der Waals surface area contributed by atoms with E-state index in [1.807, 2.05) is 18.3 Å². The van der Waals surface area contributed by atoms with Gasteiger partial charge in [0.1, 0.15) is 23.7 Å². The fraction of sp³-hybridized carbons (Fsp3) is 0.333. The van der Waals surface area contributed by atoms with E-state index in [0.717, 1.165) is 36.5 Å². The highest BCUT2D eigenvalue weighted by atomic mass is 16.5. The number of aromatic nitrogens is 4. The number of hydrogen-bond donors (Lipinski definition) is 2. The lowest BCUT2D eigenvalue weighted by Crippen LogP contribution is -2.28. The summed E-state index contributed by atoms with van der Waals surface area (Å²) in [4.78, 5) is 23.9. The number of amides is 1. The molecule has 5 rings (SSSR count). The molecule has 3 aromatic heterocycles. The Hall–Kier alpha value is -3.36. The summed E-state index contributed by atoms with van der Waals surface area (Å²) in [6.07, 6.45) is 7.40. The van der Waals surface area contributed by atoms with Gasteiger partial charge in [-0.15, -0.1) is 5.10 Å². The van der Waals surface area contributed by atoms with Crippen molar-refractivity contribution in [2.45, 2.75) is 18.9 Å². The molecule has 0 saturated carbocycles. The molecule has 0 aromatic carbocycles. The zero-order valence-electron chi connectivity index (χ0n) is 14.6. The van der Waals surface area contributed by atoms with E-state index < -0.39 is 0 Å². The third-order valence-corrected chi connectivity index (χ3v) is 5.09. The van der Waals surface area contributed by atoms with Gasteiger partial charge in [-0.2, -0.15) is 0 Å². The molecule has 1 fully saturated rings. The van der Waals surface area contributed by atoms with Crippen molar-refractivity contribution in [3.63, 3.8) is 0 Å². The predicted octanol–water partition coefficient (Wildman–Crippen LogP) is 1.17. The standard InChI is InChI=1S/C18H19N7O2/c19-16-15-17-22-14(4-8-25(17)23-16)24-7-1-2-12(24)11-10-20-5-3-13(11)27-9-6-21-18(15)26/h3-5,8,10,12H,1-2,6-7,9H2,(H2,19,23)(H,21,26)/t12-/m1/s1. The first kappa shape index (κ1) is 15.9. The highest BCUT2D eigenvalue weighted by Gasteiger charge is 2.31. The number of anilines is 2. The number of hydrogen-bond acceptors (Lipinski definition) is 7. The van der Waals surface area contributed by atoms with Gasteiger partial charge in [-0.3, -0.25) is 9.78 Å². The van der Waals surface area contributed by atoms with Crippen LogP contribution in [0.1, 0.15) is 34.8 Å². The van der Waals surface area contributed by atoms with Crippen molar-refractivity contribution < 1.29 is 9.53 Å². The molecule has 1 amide bonds. The van der Waals surface area contributed by atoms with Gasteiger partial charge in [0, 0.05) is 30.7 Å². The minimum Gasteiger partial charge on any atom is -0.491 e. The number of fused-ring (bicyclic) bond motifs is 5. The van der Waals surface area contributed by atoms with Gasteiger partial charge in [0.05, 0.1) is 12.6 Å². The summed E-state index contributed by atoms with van der Waals surface area (Å²) in [5, 5.41) is 7.04. The van der Waals surface area contributed by atoms with Crippen molar-refractivity contribution in [3.8, 4) is 5.75 Å². The molecule has 3 aromatic rings. The number of rotatable bonds is 0. The second-order valence-electron chi connectivity index (χ2n) is 6.68. The van der Waals surface area contributed by atoms with E-state index in [1.54, 1.807) is 16.9 Å². The van der Waals surface area contributed by atoms with E-state index >= 15 is 0 Å². The number of nitrogens with one attached hydrogen (secondary N) is 1. The molecule has 2 aliphatic heterocycles. The average Bonchev–Trinajstić information content (AvgIpc) is 3.28. The smallest absolute Gasteiger partial charge is 0.259 e. The van der Waals surface area contributed by atoms with Gasteiger partial charge in [0.2, 0.25) is 0 Å². The number of nitrogens with zero attached hydrogens (tertiary/aromatic N) is 5. The molecule has 2 bridgehead atoms. The fourth-order valence-corrected chi connectivity index (χ4v) is 3.87. The van der Waals surface area contributed by atoms with E-state index in [4.69, 9.17) is 15.5 Å². The van der Waals surface area contributed by atoms with E-state index in [-0.39, 0.29) is 17.8 Å². The van der Waals surface area contributed by atoms with Gasteiger partial charge < -0.3 is 20.7 Å². The zero-order chi connectivity index (χ0) is 18.4. The van der Waals surface area contributed by atoms with E-state index in [1.165, 1.54) is 0 Å². The first-order chi connectivity index (χ1) is 13.2. The quantitative estimate of drug-likeness (QED) is 0.615. The van der Waals surface area contributed by atoms with E-state index in [2.05, 4.69) is 20.3 Å². The van der Waals surface area contributed by atoms with Gasteiger partial charge in [0.25, 0.3) is 5.91 Å². The number of carbonyl (C=O) groups excluding carboxylic acids is 1. The Kier molecular flexibility index (Phi) is 3.59. The van der Waals surface area contributed by atoms with E-state index in [0.29, 0.717) is 24.4 Å². The molecular weight excluding hydrogens is 346 g/mol. The number of nitrogens with two attached hydrogens (primary N) is 1. The van der Waals surface area contributed by atoms with Crippen molar-refractivity contribution in [1.82, 2.24) is 24.9 Å². The van der Waals surface area contributed by atoms with Crippen LogP contribution in [-0.4, -0.2) is 45.2 Å². The first-order valence-electron chi connectivity index (χ1n) is 8.99. The molecule has 5 heterocycles. The predicted molar refractivity (Wildman–Crippen MR) is 98.8 cm³/mol. The first-order valence-corrected chi connectivity index (χ1v) is 8.99. The number of carbonyl (C=O) groups is 1. The van der Waals surface area contributed by atoms with Gasteiger partial charge >= 0.3 is 0 Å². The Labute approximate surface area is 155 Å². The monoisotopic (exact) mass is 365 g/mol. The third kappa shape index (κ3) is 2.54. The Balaban J connectivity index is 1.69. The van der Waals surface area contributed by atoms with Crippen LogP contribution in [0.4, 0.5) is 11.6 Å². The van der Waals surface area contributed by atoms with Crippen LogP contribution in [0.3, 0.4) is 0 Å². The summed E-state index contributed by atoms with van der Waals surface area (Å²) in [7, 11) is 0. The maximum atomic E-state index is 12.6. The molecule has 1 atom stereocenters. The maximum Gasteiger partial charge on any atom is 0.259 e. The highest BCUT2D eigenvalue weighted by Crippen LogP contribution is 2.39. The molecule has 9 heteroatoms. The fourth-order valence-electron chi connectivity index (χ4n) is 3.87. The summed E-state index contributed by atoms with van der Waals surface area (Å²) in [6, 6.07) is 3.89. The number of pyridine rings is 1. The summed E-state index contributed by atoms with van der Waals surface area (Å²) in [5.41, 5.74) is 7.78. The van der Waals surface area contributed by atoms with E-state index in [9.17, 15) is 4.79 Å². The SMILES string of the molecule is Nc1nn2ccc3nc2c1C(=O)NCCOc1ccncc1[C@H]1CCCN31. The van der Waals surface area contributed by atoms with Crippen LogP contribution in [0, 0.1) is 0 Å². The third-order valence-electron chi connectivity index (χ3n) is 5.09. The van der Waals surface area contributed by atoms with Crippen molar-refractivity contribution in [3.05, 3.63) is 41.9 Å². The molecule has 3 N–H and O–H groups in total. The van der Waals surface area contributed by atoms with Crippen LogP contribution in [0.2, 0.25) is 0 Å². The topological polar surface area (TPSA) is 111 Å². The maximum absolute atomic E-state index is 12.6. The van der Waals surface area contributed by atoms with Gasteiger partial charge in [-0.1, -0.05) is 0 Å². The molecule has 27 heavy (non-hydrogen) atoms. The van der Waals surface area contributed by atoms with Crippen LogP contribution < -0.4 is 20.7 Å². The lowest BCUT2D eigenvalue weighted by molar-refractivity contribution is 0.0949. The van der Waals surface area contributed by atoms with Crippen molar-refractivity contribution >= 4 is 23.2 Å². The van der Waals surface area contributed by atoms with Gasteiger partial charge in [-0.05, 0) is 25.0 Å². The number of nitrogen functional groups attached to an aromatic ring is 1. The minimum atomic E-state index is -0.303. The zero-order valence-corrected chi connectivity index (χ0v) is 14.6. The largest absolute Gasteiger partial charge is 0.491 e. The summed E-state index contributed by atoms with van der Waals surface area (Å²) < 4.78 is 7.49. The lowest BCUT2D eigenvalue weighted by Gasteiger charge is -2.27.